The number of nitrogen functional groups attached to an aromatic ring is 1. The molecule has 0 bridgehead atoms. The third kappa shape index (κ3) is 4.95. The van der Waals surface area contributed by atoms with Crippen LogP contribution >= 0.6 is 11.6 Å². The van der Waals surface area contributed by atoms with Crippen LogP contribution in [-0.2, 0) is 19.4 Å². The minimum Gasteiger partial charge on any atom is -0.496 e. The molecule has 1 amide bonds. The van der Waals surface area contributed by atoms with Crippen LogP contribution in [0.25, 0.3) is 0 Å². The van der Waals surface area contributed by atoms with Crippen molar-refractivity contribution in [2.45, 2.75) is 44.2 Å². The van der Waals surface area contributed by atoms with Crippen LogP contribution in [0.2, 0.25) is 5.02 Å². The van der Waals surface area contributed by atoms with Gasteiger partial charge in [-0.05, 0) is 25.3 Å². The summed E-state index contributed by atoms with van der Waals surface area (Å²) in [6.45, 7) is -0.475. The molecule has 1 aliphatic heterocycles. The van der Waals surface area contributed by atoms with Gasteiger partial charge < -0.3 is 20.1 Å². The average Bonchev–Trinajstić information content (AvgIpc) is 3.31. The molecule has 1 aromatic carbocycles. The Morgan fingerprint density at radius 2 is 1.90 bits per heavy atom. The van der Waals surface area contributed by atoms with Crippen molar-refractivity contribution in [2.24, 2.45) is 0 Å². The van der Waals surface area contributed by atoms with Gasteiger partial charge in [0.05, 0.1) is 29.3 Å². The summed E-state index contributed by atoms with van der Waals surface area (Å²) in [6.07, 6.45) is 4.07. The van der Waals surface area contributed by atoms with Gasteiger partial charge in [0.1, 0.15) is 11.3 Å². The molecular formula is C19H25ClN2O6S. The van der Waals surface area contributed by atoms with Gasteiger partial charge in [-0.25, -0.2) is 13.2 Å². The molecule has 29 heavy (non-hydrogen) atoms. The Morgan fingerprint density at radius 1 is 1.21 bits per heavy atom. The maximum Gasteiger partial charge on any atom is 0.342 e. The Bertz CT molecular complexity index is 898. The van der Waals surface area contributed by atoms with E-state index in [1.54, 1.807) is 4.90 Å². The van der Waals surface area contributed by atoms with Gasteiger partial charge in [0, 0.05) is 18.2 Å². The van der Waals surface area contributed by atoms with E-state index < -0.39 is 22.4 Å². The van der Waals surface area contributed by atoms with Crippen LogP contribution in [0.5, 0.6) is 5.75 Å². The van der Waals surface area contributed by atoms with Gasteiger partial charge in [0.2, 0.25) is 0 Å². The number of anilines is 1. The number of halogens is 1. The molecular weight excluding hydrogens is 420 g/mol. The molecule has 0 aromatic heterocycles. The van der Waals surface area contributed by atoms with Crippen LogP contribution in [0.3, 0.4) is 0 Å². The zero-order valence-corrected chi connectivity index (χ0v) is 17.8. The fourth-order valence-corrected chi connectivity index (χ4v) is 5.93. The van der Waals surface area contributed by atoms with Crippen LogP contribution in [-0.4, -0.2) is 62.5 Å². The summed E-state index contributed by atoms with van der Waals surface area (Å²) < 4.78 is 34.2. The van der Waals surface area contributed by atoms with E-state index in [-0.39, 0.29) is 51.5 Å². The molecule has 0 radical (unpaired) electrons. The third-order valence-corrected chi connectivity index (χ3v) is 7.55. The van der Waals surface area contributed by atoms with Gasteiger partial charge in [-0.3, -0.25) is 4.79 Å². The van der Waals surface area contributed by atoms with E-state index in [4.69, 9.17) is 26.8 Å². The second-order valence-corrected chi connectivity index (χ2v) is 10.1. The summed E-state index contributed by atoms with van der Waals surface area (Å²) in [5.41, 5.74) is 6.04. The predicted octanol–water partition coefficient (Wildman–Crippen LogP) is 2.05. The number of rotatable bonds is 6. The number of nitrogens with two attached hydrogens (primary N) is 1. The summed E-state index contributed by atoms with van der Waals surface area (Å²) in [4.78, 5) is 27.0. The molecule has 1 aliphatic carbocycles. The largest absolute Gasteiger partial charge is 0.496 e. The smallest absolute Gasteiger partial charge is 0.342 e. The molecule has 8 nitrogen and oxygen atoms in total. The number of hydrogen-bond acceptors (Lipinski definition) is 7. The van der Waals surface area contributed by atoms with Gasteiger partial charge in [0.25, 0.3) is 5.91 Å². The monoisotopic (exact) mass is 444 g/mol. The van der Waals surface area contributed by atoms with Gasteiger partial charge in [-0.2, -0.15) is 0 Å². The summed E-state index contributed by atoms with van der Waals surface area (Å²) in [5, 5.41) is 0.174. The highest BCUT2D eigenvalue weighted by molar-refractivity contribution is 7.91. The van der Waals surface area contributed by atoms with E-state index >= 15 is 0 Å². The molecule has 1 atom stereocenters. The highest BCUT2D eigenvalue weighted by Gasteiger charge is 2.39. The lowest BCUT2D eigenvalue weighted by molar-refractivity contribution is -0.139. The average molecular weight is 445 g/mol. The van der Waals surface area contributed by atoms with Crippen molar-refractivity contribution in [1.82, 2.24) is 4.90 Å². The lowest BCUT2D eigenvalue weighted by atomic mass is 10.1. The van der Waals surface area contributed by atoms with Gasteiger partial charge in [0.15, 0.2) is 16.4 Å². The number of hydrogen-bond donors (Lipinski definition) is 1. The molecule has 1 heterocycles. The van der Waals surface area contributed by atoms with Crippen LogP contribution in [0.4, 0.5) is 5.69 Å². The van der Waals surface area contributed by atoms with Crippen LogP contribution in [0, 0.1) is 0 Å². The van der Waals surface area contributed by atoms with Crippen LogP contribution in [0.1, 0.15) is 42.5 Å². The van der Waals surface area contributed by atoms with Crippen molar-refractivity contribution in [3.05, 3.63) is 22.7 Å². The SMILES string of the molecule is COc1cc(N)c(Cl)cc1C(=O)OCC(=O)N(C1CCCC1)C1CCS(=O)(=O)C1. The molecule has 1 unspecified atom stereocenters. The molecule has 3 rings (SSSR count). The highest BCUT2D eigenvalue weighted by Crippen LogP contribution is 2.31. The molecule has 2 N–H and O–H groups in total. The maximum atomic E-state index is 12.9. The number of esters is 1. The normalized spacial score (nSPS) is 21.1. The minimum absolute atomic E-state index is 0.0139. The number of ether oxygens (including phenoxy) is 2. The number of carbonyl (C=O) groups is 2. The minimum atomic E-state index is -3.14. The molecule has 160 valence electrons. The van der Waals surface area contributed by atoms with Crippen LogP contribution < -0.4 is 10.5 Å². The molecule has 1 saturated heterocycles. The quantitative estimate of drug-likeness (QED) is 0.527. The standard InChI is InChI=1S/C19H25ClN2O6S/c1-27-17-9-16(21)15(20)8-14(17)19(24)28-10-18(23)22(12-4-2-3-5-12)13-6-7-29(25,26)11-13/h8-9,12-13H,2-7,10-11,21H2,1H3. The Kier molecular flexibility index (Phi) is 6.58. The summed E-state index contributed by atoms with van der Waals surface area (Å²) in [7, 11) is -1.76. The van der Waals surface area contributed by atoms with Crippen molar-refractivity contribution in [2.75, 3.05) is 31.0 Å². The predicted molar refractivity (Wildman–Crippen MR) is 109 cm³/mol. The summed E-state index contributed by atoms with van der Waals surface area (Å²) in [5.74, 6) is -0.908. The number of nitrogens with zero attached hydrogens (tertiary/aromatic N) is 1. The molecule has 2 aliphatic rings. The first-order chi connectivity index (χ1) is 13.7. The second-order valence-electron chi connectivity index (χ2n) is 7.45. The Hall–Kier alpha value is -2.00. The van der Waals surface area contributed by atoms with E-state index in [0.717, 1.165) is 25.7 Å². The van der Waals surface area contributed by atoms with Crippen LogP contribution in [0.15, 0.2) is 12.1 Å². The first-order valence-electron chi connectivity index (χ1n) is 9.53. The first-order valence-corrected chi connectivity index (χ1v) is 11.7. The van der Waals surface area contributed by atoms with Crippen molar-refractivity contribution in [1.29, 1.82) is 0 Å². The van der Waals surface area contributed by atoms with Gasteiger partial charge in [-0.1, -0.05) is 24.4 Å². The zero-order valence-electron chi connectivity index (χ0n) is 16.2. The van der Waals surface area contributed by atoms with E-state index in [2.05, 4.69) is 0 Å². The molecule has 10 heteroatoms. The molecule has 1 aromatic rings. The second kappa shape index (κ2) is 8.79. The highest BCUT2D eigenvalue weighted by atomic mass is 35.5. The van der Waals surface area contributed by atoms with E-state index in [0.29, 0.717) is 6.42 Å². The Labute approximate surface area is 175 Å². The number of carbonyl (C=O) groups excluding carboxylic acids is 2. The fraction of sp³-hybridized carbons (Fsp3) is 0.579. The van der Waals surface area contributed by atoms with E-state index in [9.17, 15) is 18.0 Å². The van der Waals surface area contributed by atoms with Gasteiger partial charge in [-0.15, -0.1) is 0 Å². The topological polar surface area (TPSA) is 116 Å². The number of amides is 1. The van der Waals surface area contributed by atoms with Crippen molar-refractivity contribution >= 4 is 39.0 Å². The van der Waals surface area contributed by atoms with E-state index in [1.165, 1.54) is 19.2 Å². The summed E-state index contributed by atoms with van der Waals surface area (Å²) in [6, 6.07) is 2.37. The number of sulfone groups is 1. The summed E-state index contributed by atoms with van der Waals surface area (Å²) >= 11 is 5.98. The zero-order chi connectivity index (χ0) is 21.2. The van der Waals surface area contributed by atoms with Crippen molar-refractivity contribution < 1.29 is 27.5 Å². The molecule has 1 saturated carbocycles. The lowest BCUT2D eigenvalue weighted by Gasteiger charge is -2.33. The lowest BCUT2D eigenvalue weighted by Crippen LogP contribution is -2.48. The number of methoxy groups -OCH3 is 1. The molecule has 0 spiro atoms. The van der Waals surface area contributed by atoms with Crippen molar-refractivity contribution in [3.8, 4) is 5.75 Å². The maximum absolute atomic E-state index is 12.9. The van der Waals surface area contributed by atoms with Crippen molar-refractivity contribution in [3.63, 3.8) is 0 Å². The Morgan fingerprint density at radius 3 is 2.48 bits per heavy atom. The molecule has 2 fully saturated rings. The Balaban J connectivity index is 1.72. The number of benzene rings is 1. The third-order valence-electron chi connectivity index (χ3n) is 5.47. The fourth-order valence-electron chi connectivity index (χ4n) is 4.06. The first kappa shape index (κ1) is 21.7. The van der Waals surface area contributed by atoms with E-state index in [1.807, 2.05) is 0 Å². The van der Waals surface area contributed by atoms with Gasteiger partial charge >= 0.3 is 5.97 Å².